The SMILES string of the molecule is COc1ccc(CN(C)[C@H](C)C(=O)Nc2cccc(Cl)c2)cc1F. The van der Waals surface area contributed by atoms with Gasteiger partial charge in [-0.1, -0.05) is 23.7 Å². The molecule has 0 aliphatic heterocycles. The van der Waals surface area contributed by atoms with Crippen molar-refractivity contribution < 1.29 is 13.9 Å². The predicted octanol–water partition coefficient (Wildman–Crippen LogP) is 3.95. The molecular weight excluding hydrogens is 331 g/mol. The number of rotatable bonds is 6. The van der Waals surface area contributed by atoms with Gasteiger partial charge in [0, 0.05) is 17.3 Å². The van der Waals surface area contributed by atoms with E-state index in [0.717, 1.165) is 5.56 Å². The van der Waals surface area contributed by atoms with Gasteiger partial charge in [-0.3, -0.25) is 9.69 Å². The van der Waals surface area contributed by atoms with Gasteiger partial charge in [0.05, 0.1) is 13.2 Å². The highest BCUT2D eigenvalue weighted by Gasteiger charge is 2.19. The first-order valence-corrected chi connectivity index (χ1v) is 7.87. The molecule has 128 valence electrons. The molecule has 0 saturated heterocycles. The van der Waals surface area contributed by atoms with Gasteiger partial charge in [0.15, 0.2) is 11.6 Å². The van der Waals surface area contributed by atoms with Gasteiger partial charge in [-0.25, -0.2) is 4.39 Å². The molecule has 4 nitrogen and oxygen atoms in total. The van der Waals surface area contributed by atoms with E-state index in [-0.39, 0.29) is 11.7 Å². The van der Waals surface area contributed by atoms with E-state index in [2.05, 4.69) is 5.32 Å². The Bertz CT molecular complexity index is 724. The number of ether oxygens (including phenoxy) is 1. The lowest BCUT2D eigenvalue weighted by molar-refractivity contribution is -0.120. The molecule has 0 unspecified atom stereocenters. The number of nitrogens with one attached hydrogen (secondary N) is 1. The lowest BCUT2D eigenvalue weighted by atomic mass is 10.1. The van der Waals surface area contributed by atoms with Crippen LogP contribution in [0.5, 0.6) is 5.75 Å². The van der Waals surface area contributed by atoms with Crippen LogP contribution in [0.15, 0.2) is 42.5 Å². The average Bonchev–Trinajstić information content (AvgIpc) is 2.54. The smallest absolute Gasteiger partial charge is 0.241 e. The number of hydrogen-bond donors (Lipinski definition) is 1. The average molecular weight is 351 g/mol. The second kappa shape index (κ2) is 8.13. The van der Waals surface area contributed by atoms with Gasteiger partial charge >= 0.3 is 0 Å². The number of amides is 1. The summed E-state index contributed by atoms with van der Waals surface area (Å²) < 4.78 is 18.7. The second-order valence-electron chi connectivity index (χ2n) is 5.56. The maximum atomic E-state index is 13.8. The third-order valence-corrected chi connectivity index (χ3v) is 4.02. The zero-order chi connectivity index (χ0) is 17.7. The minimum atomic E-state index is -0.417. The van der Waals surface area contributed by atoms with E-state index in [9.17, 15) is 9.18 Å². The highest BCUT2D eigenvalue weighted by atomic mass is 35.5. The fourth-order valence-electron chi connectivity index (χ4n) is 2.25. The van der Waals surface area contributed by atoms with Crippen molar-refractivity contribution in [3.63, 3.8) is 0 Å². The van der Waals surface area contributed by atoms with Gasteiger partial charge < -0.3 is 10.1 Å². The Morgan fingerprint density at radius 3 is 2.71 bits per heavy atom. The number of anilines is 1. The Balaban J connectivity index is 1.99. The number of likely N-dealkylation sites (N-methyl/N-ethyl adjacent to an activating group) is 1. The second-order valence-corrected chi connectivity index (χ2v) is 6.00. The molecule has 0 heterocycles. The molecule has 2 rings (SSSR count). The summed E-state index contributed by atoms with van der Waals surface area (Å²) >= 11 is 5.91. The van der Waals surface area contributed by atoms with Crippen LogP contribution in [0.4, 0.5) is 10.1 Å². The first kappa shape index (κ1) is 18.2. The largest absolute Gasteiger partial charge is 0.494 e. The van der Waals surface area contributed by atoms with Crippen molar-refractivity contribution in [1.29, 1.82) is 0 Å². The molecule has 0 aliphatic carbocycles. The molecule has 0 fully saturated rings. The minimum absolute atomic E-state index is 0.159. The van der Waals surface area contributed by atoms with E-state index in [0.29, 0.717) is 17.3 Å². The van der Waals surface area contributed by atoms with Crippen molar-refractivity contribution in [1.82, 2.24) is 4.90 Å². The van der Waals surface area contributed by atoms with Crippen LogP contribution in [-0.2, 0) is 11.3 Å². The van der Waals surface area contributed by atoms with Crippen molar-refractivity contribution in [2.24, 2.45) is 0 Å². The summed E-state index contributed by atoms with van der Waals surface area (Å²) in [5.74, 6) is -0.374. The van der Waals surface area contributed by atoms with Crippen LogP contribution >= 0.6 is 11.6 Å². The molecular formula is C18H20ClFN2O2. The standard InChI is InChI=1S/C18H20ClFN2O2/c1-12(18(23)21-15-6-4-5-14(19)10-15)22(2)11-13-7-8-17(24-3)16(20)9-13/h4-10,12H,11H2,1-3H3,(H,21,23)/t12-/m1/s1. The lowest BCUT2D eigenvalue weighted by Gasteiger charge is -2.24. The van der Waals surface area contributed by atoms with Crippen molar-refractivity contribution in [2.75, 3.05) is 19.5 Å². The zero-order valence-electron chi connectivity index (χ0n) is 13.8. The predicted molar refractivity (Wildman–Crippen MR) is 94.0 cm³/mol. The topological polar surface area (TPSA) is 41.6 Å². The maximum Gasteiger partial charge on any atom is 0.241 e. The van der Waals surface area contributed by atoms with Crippen LogP contribution < -0.4 is 10.1 Å². The van der Waals surface area contributed by atoms with Crippen LogP contribution in [0.1, 0.15) is 12.5 Å². The zero-order valence-corrected chi connectivity index (χ0v) is 14.6. The van der Waals surface area contributed by atoms with Crippen molar-refractivity contribution >= 4 is 23.2 Å². The van der Waals surface area contributed by atoms with E-state index in [1.807, 2.05) is 11.9 Å². The summed E-state index contributed by atoms with van der Waals surface area (Å²) in [4.78, 5) is 14.2. The quantitative estimate of drug-likeness (QED) is 0.857. The van der Waals surface area contributed by atoms with Gasteiger partial charge in [-0.2, -0.15) is 0 Å². The van der Waals surface area contributed by atoms with Gasteiger partial charge in [0.2, 0.25) is 5.91 Å². The minimum Gasteiger partial charge on any atom is -0.494 e. The van der Waals surface area contributed by atoms with E-state index >= 15 is 0 Å². The summed E-state index contributed by atoms with van der Waals surface area (Å²) in [6.07, 6.45) is 0. The number of nitrogens with zero attached hydrogens (tertiary/aromatic N) is 1. The van der Waals surface area contributed by atoms with Gasteiger partial charge in [-0.15, -0.1) is 0 Å². The Kier molecular flexibility index (Phi) is 6.17. The lowest BCUT2D eigenvalue weighted by Crippen LogP contribution is -2.39. The monoisotopic (exact) mass is 350 g/mol. The molecule has 1 amide bonds. The van der Waals surface area contributed by atoms with Crippen LogP contribution in [0.25, 0.3) is 0 Å². The molecule has 0 aliphatic rings. The first-order chi connectivity index (χ1) is 11.4. The number of carbonyl (C=O) groups excluding carboxylic acids is 1. The fraction of sp³-hybridized carbons (Fsp3) is 0.278. The Labute approximate surface area is 146 Å². The van der Waals surface area contributed by atoms with Gasteiger partial charge in [-0.05, 0) is 49.9 Å². The molecule has 1 atom stereocenters. The van der Waals surface area contributed by atoms with Crippen LogP contribution in [0, 0.1) is 5.82 Å². The van der Waals surface area contributed by atoms with E-state index in [1.165, 1.54) is 13.2 Å². The molecule has 0 spiro atoms. The molecule has 1 N–H and O–H groups in total. The number of hydrogen-bond acceptors (Lipinski definition) is 3. The highest BCUT2D eigenvalue weighted by Crippen LogP contribution is 2.19. The summed E-state index contributed by atoms with van der Waals surface area (Å²) in [6, 6.07) is 11.3. The maximum absolute atomic E-state index is 13.8. The van der Waals surface area contributed by atoms with Gasteiger partial charge in [0.25, 0.3) is 0 Å². The number of benzene rings is 2. The summed E-state index contributed by atoms with van der Waals surface area (Å²) in [5.41, 5.74) is 1.40. The molecule has 0 aromatic heterocycles. The van der Waals surface area contributed by atoms with E-state index < -0.39 is 11.9 Å². The Morgan fingerprint density at radius 1 is 1.33 bits per heavy atom. The molecule has 0 saturated carbocycles. The summed E-state index contributed by atoms with van der Waals surface area (Å²) in [7, 11) is 3.23. The van der Waals surface area contributed by atoms with Crippen LogP contribution in [0.3, 0.4) is 0 Å². The molecule has 2 aromatic carbocycles. The van der Waals surface area contributed by atoms with Gasteiger partial charge in [0.1, 0.15) is 0 Å². The number of halogens is 2. The molecule has 6 heteroatoms. The van der Waals surface area contributed by atoms with Crippen LogP contribution in [0.2, 0.25) is 5.02 Å². The highest BCUT2D eigenvalue weighted by molar-refractivity contribution is 6.30. The van der Waals surface area contributed by atoms with E-state index in [4.69, 9.17) is 16.3 Å². The number of carbonyl (C=O) groups is 1. The molecule has 0 radical (unpaired) electrons. The van der Waals surface area contributed by atoms with Crippen molar-refractivity contribution in [2.45, 2.75) is 19.5 Å². The Morgan fingerprint density at radius 2 is 2.08 bits per heavy atom. The molecule has 0 bridgehead atoms. The molecule has 2 aromatic rings. The van der Waals surface area contributed by atoms with Crippen molar-refractivity contribution in [3.8, 4) is 5.75 Å². The third-order valence-electron chi connectivity index (χ3n) is 3.78. The van der Waals surface area contributed by atoms with E-state index in [1.54, 1.807) is 43.3 Å². The normalized spacial score (nSPS) is 12.1. The fourth-order valence-corrected chi connectivity index (χ4v) is 2.44. The van der Waals surface area contributed by atoms with Crippen molar-refractivity contribution in [3.05, 3.63) is 58.9 Å². The summed E-state index contributed by atoms with van der Waals surface area (Å²) in [6.45, 7) is 2.23. The third kappa shape index (κ3) is 4.69. The Hall–Kier alpha value is -2.11. The first-order valence-electron chi connectivity index (χ1n) is 7.50. The number of methoxy groups -OCH3 is 1. The molecule has 24 heavy (non-hydrogen) atoms. The summed E-state index contributed by atoms with van der Waals surface area (Å²) in [5, 5.41) is 3.38. The van der Waals surface area contributed by atoms with Crippen LogP contribution in [-0.4, -0.2) is 31.0 Å².